The van der Waals surface area contributed by atoms with Crippen molar-refractivity contribution >= 4 is 21.4 Å². The van der Waals surface area contributed by atoms with Gasteiger partial charge in [0, 0.05) is 31.9 Å². The first-order chi connectivity index (χ1) is 10.1. The normalized spacial score (nSPS) is 11.9. The fraction of sp³-hybridized carbons (Fsp3) is 0.462. The Bertz CT molecular complexity index is 635. The molecule has 0 bridgehead atoms. The van der Waals surface area contributed by atoms with E-state index in [2.05, 4.69) is 26.9 Å². The molecule has 6 nitrogen and oxygen atoms in total. The van der Waals surface area contributed by atoms with E-state index in [-0.39, 0.29) is 0 Å². The first-order valence-corrected chi connectivity index (χ1v) is 9.24. The molecule has 2 heterocycles. The molecule has 0 unspecified atom stereocenters. The molecule has 2 aromatic rings. The zero-order valence-electron chi connectivity index (χ0n) is 11.9. The van der Waals surface area contributed by atoms with Gasteiger partial charge in [-0.15, -0.1) is 11.3 Å². The topological polar surface area (TPSA) is 86.9 Å². The molecule has 0 fully saturated rings. The Hall–Kier alpha value is -1.22. The van der Waals surface area contributed by atoms with E-state index in [1.54, 1.807) is 18.5 Å². The fourth-order valence-electron chi connectivity index (χ4n) is 1.81. The highest BCUT2D eigenvalue weighted by atomic mass is 32.2. The SMILES string of the molecule is CCCNCc1csc(S(=O)(=O)NCCc2ncc[nH]2)c1. The van der Waals surface area contributed by atoms with Gasteiger partial charge in [0.15, 0.2) is 0 Å². The molecule has 0 aliphatic carbocycles. The maximum atomic E-state index is 12.2. The number of nitrogens with zero attached hydrogens (tertiary/aromatic N) is 1. The number of hydrogen-bond donors (Lipinski definition) is 3. The maximum absolute atomic E-state index is 12.2. The van der Waals surface area contributed by atoms with Crippen LogP contribution in [0.4, 0.5) is 0 Å². The van der Waals surface area contributed by atoms with Gasteiger partial charge in [-0.25, -0.2) is 18.1 Å². The minimum atomic E-state index is -3.42. The van der Waals surface area contributed by atoms with Gasteiger partial charge >= 0.3 is 0 Å². The molecule has 0 aliphatic heterocycles. The number of thiophene rings is 1. The van der Waals surface area contributed by atoms with Crippen LogP contribution in [0, 0.1) is 0 Å². The van der Waals surface area contributed by atoms with Crippen LogP contribution in [0.15, 0.2) is 28.0 Å². The second-order valence-corrected chi connectivity index (χ2v) is 7.54. The molecule has 0 radical (unpaired) electrons. The van der Waals surface area contributed by atoms with Gasteiger partial charge in [0.1, 0.15) is 10.0 Å². The largest absolute Gasteiger partial charge is 0.349 e. The molecule has 8 heteroatoms. The molecule has 0 amide bonds. The average molecular weight is 328 g/mol. The molecule has 0 atom stereocenters. The summed E-state index contributed by atoms with van der Waals surface area (Å²) in [6.45, 7) is 4.06. The molecule has 0 aromatic carbocycles. The average Bonchev–Trinajstić information content (AvgIpc) is 3.10. The van der Waals surface area contributed by atoms with E-state index < -0.39 is 10.0 Å². The van der Waals surface area contributed by atoms with Crippen molar-refractivity contribution in [2.75, 3.05) is 13.1 Å². The van der Waals surface area contributed by atoms with Gasteiger partial charge in [-0.1, -0.05) is 6.92 Å². The lowest BCUT2D eigenvalue weighted by Crippen LogP contribution is -2.25. The molecule has 2 aromatic heterocycles. The zero-order valence-corrected chi connectivity index (χ0v) is 13.6. The summed E-state index contributed by atoms with van der Waals surface area (Å²) in [7, 11) is -3.42. The molecule has 2 rings (SSSR count). The van der Waals surface area contributed by atoms with E-state index in [0.29, 0.717) is 23.7 Å². The van der Waals surface area contributed by atoms with Gasteiger partial charge in [-0.05, 0) is 30.0 Å². The predicted molar refractivity (Wildman–Crippen MR) is 83.8 cm³/mol. The zero-order chi connectivity index (χ0) is 15.1. The molecule has 0 aliphatic rings. The van der Waals surface area contributed by atoms with E-state index in [1.807, 2.05) is 5.38 Å². The molecular formula is C13H20N4O2S2. The molecule has 0 saturated heterocycles. The summed E-state index contributed by atoms with van der Waals surface area (Å²) in [5.74, 6) is 0.772. The summed E-state index contributed by atoms with van der Waals surface area (Å²) in [5.41, 5.74) is 1.000. The number of hydrogen-bond acceptors (Lipinski definition) is 5. The van der Waals surface area contributed by atoms with E-state index in [9.17, 15) is 8.42 Å². The maximum Gasteiger partial charge on any atom is 0.250 e. The third-order valence-corrected chi connectivity index (χ3v) is 5.81. The summed E-state index contributed by atoms with van der Waals surface area (Å²) < 4.78 is 27.3. The van der Waals surface area contributed by atoms with Gasteiger partial charge in [0.2, 0.25) is 10.0 Å². The third-order valence-electron chi connectivity index (χ3n) is 2.86. The van der Waals surface area contributed by atoms with Gasteiger partial charge < -0.3 is 10.3 Å². The molecule has 0 spiro atoms. The van der Waals surface area contributed by atoms with Crippen LogP contribution in [0.25, 0.3) is 0 Å². The van der Waals surface area contributed by atoms with Gasteiger partial charge in [0.25, 0.3) is 0 Å². The van der Waals surface area contributed by atoms with Crippen molar-refractivity contribution < 1.29 is 8.42 Å². The summed E-state index contributed by atoms with van der Waals surface area (Å²) in [4.78, 5) is 7.00. The summed E-state index contributed by atoms with van der Waals surface area (Å²) in [5, 5.41) is 5.14. The third kappa shape index (κ3) is 4.92. The van der Waals surface area contributed by atoms with E-state index in [0.717, 1.165) is 24.4 Å². The number of aromatic nitrogens is 2. The van der Waals surface area contributed by atoms with Crippen LogP contribution < -0.4 is 10.0 Å². The Kier molecular flexibility index (Phi) is 5.92. The van der Waals surface area contributed by atoms with Crippen LogP contribution in [0.5, 0.6) is 0 Å². The Morgan fingerprint density at radius 2 is 2.24 bits per heavy atom. The smallest absolute Gasteiger partial charge is 0.250 e. The van der Waals surface area contributed by atoms with Gasteiger partial charge in [0.05, 0.1) is 0 Å². The fourth-order valence-corrected chi connectivity index (χ4v) is 4.09. The van der Waals surface area contributed by atoms with Crippen molar-refractivity contribution in [1.82, 2.24) is 20.0 Å². The number of imidazole rings is 1. The molecule has 3 N–H and O–H groups in total. The number of aromatic amines is 1. The quantitative estimate of drug-likeness (QED) is 0.609. The molecule has 21 heavy (non-hydrogen) atoms. The molecule has 116 valence electrons. The Morgan fingerprint density at radius 3 is 2.95 bits per heavy atom. The predicted octanol–water partition coefficient (Wildman–Crippen LogP) is 1.49. The summed E-state index contributed by atoms with van der Waals surface area (Å²) in [6, 6.07) is 1.72. The monoisotopic (exact) mass is 328 g/mol. The first-order valence-electron chi connectivity index (χ1n) is 6.88. The number of rotatable bonds is 9. The van der Waals surface area contributed by atoms with Crippen LogP contribution in [0.2, 0.25) is 0 Å². The van der Waals surface area contributed by atoms with Crippen molar-refractivity contribution in [3.05, 3.63) is 35.2 Å². The van der Waals surface area contributed by atoms with E-state index in [4.69, 9.17) is 0 Å². The van der Waals surface area contributed by atoms with E-state index >= 15 is 0 Å². The standard InChI is InChI=1S/C13H20N4O2S2/c1-2-4-14-9-11-8-13(20-10-11)21(18,19)17-5-3-12-15-6-7-16-12/h6-8,10,14,17H,2-5,9H2,1H3,(H,15,16). The van der Waals surface area contributed by atoms with Crippen molar-refractivity contribution in [3.8, 4) is 0 Å². The van der Waals surface area contributed by atoms with Crippen LogP contribution in [0.1, 0.15) is 24.7 Å². The van der Waals surface area contributed by atoms with Gasteiger partial charge in [-0.3, -0.25) is 0 Å². The molecule has 0 saturated carbocycles. The molecular weight excluding hydrogens is 308 g/mol. The number of sulfonamides is 1. The minimum absolute atomic E-state index is 0.331. The van der Waals surface area contributed by atoms with Crippen LogP contribution in [-0.2, 0) is 23.0 Å². The van der Waals surface area contributed by atoms with Crippen molar-refractivity contribution in [1.29, 1.82) is 0 Å². The Morgan fingerprint density at radius 1 is 1.38 bits per heavy atom. The lowest BCUT2D eigenvalue weighted by atomic mass is 10.3. The number of H-pyrrole nitrogens is 1. The first kappa shape index (κ1) is 16.2. The number of nitrogens with one attached hydrogen (secondary N) is 3. The summed E-state index contributed by atoms with van der Waals surface area (Å²) >= 11 is 1.25. The van der Waals surface area contributed by atoms with Crippen LogP contribution in [0.3, 0.4) is 0 Å². The highest BCUT2D eigenvalue weighted by Crippen LogP contribution is 2.19. The highest BCUT2D eigenvalue weighted by molar-refractivity contribution is 7.91. The van der Waals surface area contributed by atoms with Crippen molar-refractivity contribution in [2.45, 2.75) is 30.5 Å². The van der Waals surface area contributed by atoms with E-state index in [1.165, 1.54) is 11.3 Å². The van der Waals surface area contributed by atoms with Crippen molar-refractivity contribution in [3.63, 3.8) is 0 Å². The lowest BCUT2D eigenvalue weighted by Gasteiger charge is -2.03. The second-order valence-electron chi connectivity index (χ2n) is 4.63. The Balaban J connectivity index is 1.86. The minimum Gasteiger partial charge on any atom is -0.349 e. The highest BCUT2D eigenvalue weighted by Gasteiger charge is 2.16. The second kappa shape index (κ2) is 7.69. The van der Waals surface area contributed by atoms with Crippen LogP contribution >= 0.6 is 11.3 Å². The lowest BCUT2D eigenvalue weighted by molar-refractivity contribution is 0.583. The van der Waals surface area contributed by atoms with Gasteiger partial charge in [-0.2, -0.15) is 0 Å². The summed E-state index contributed by atoms with van der Waals surface area (Å²) in [6.07, 6.45) is 4.98. The van der Waals surface area contributed by atoms with Crippen molar-refractivity contribution in [2.24, 2.45) is 0 Å². The Labute approximate surface area is 129 Å². The van der Waals surface area contributed by atoms with Crippen LogP contribution in [-0.4, -0.2) is 31.5 Å².